The molecule has 0 radical (unpaired) electrons. The van der Waals surface area contributed by atoms with E-state index in [1.165, 1.54) is 5.56 Å². The Labute approximate surface area is 158 Å². The van der Waals surface area contributed by atoms with E-state index < -0.39 is 0 Å². The second-order valence-electron chi connectivity index (χ2n) is 7.29. The molecule has 0 saturated heterocycles. The van der Waals surface area contributed by atoms with Gasteiger partial charge in [0.2, 0.25) is 0 Å². The van der Waals surface area contributed by atoms with Crippen LogP contribution >= 0.6 is 0 Å². The highest BCUT2D eigenvalue weighted by Gasteiger charge is 2.22. The third kappa shape index (κ3) is 3.39. The van der Waals surface area contributed by atoms with Gasteiger partial charge in [0.05, 0.1) is 17.9 Å². The molecule has 1 amide bonds. The van der Waals surface area contributed by atoms with E-state index in [9.17, 15) is 4.79 Å². The molecule has 1 aromatic carbocycles. The smallest absolute Gasteiger partial charge is 0.253 e. The molecule has 6 nitrogen and oxygen atoms in total. The van der Waals surface area contributed by atoms with Gasteiger partial charge in [-0.2, -0.15) is 5.10 Å². The number of rotatable bonds is 4. The van der Waals surface area contributed by atoms with Crippen molar-refractivity contribution < 1.29 is 9.32 Å². The second kappa shape index (κ2) is 7.02. The predicted molar refractivity (Wildman–Crippen MR) is 102 cm³/mol. The molecule has 0 aliphatic heterocycles. The number of benzene rings is 1. The number of fused-ring (bicyclic) bond motifs is 1. The van der Waals surface area contributed by atoms with E-state index >= 15 is 0 Å². The van der Waals surface area contributed by atoms with Crippen molar-refractivity contribution in [2.24, 2.45) is 0 Å². The van der Waals surface area contributed by atoms with Crippen LogP contribution in [0.4, 0.5) is 0 Å². The molecule has 0 fully saturated rings. The summed E-state index contributed by atoms with van der Waals surface area (Å²) < 4.78 is 7.34. The minimum absolute atomic E-state index is 0.0255. The van der Waals surface area contributed by atoms with Crippen molar-refractivity contribution in [3.05, 3.63) is 64.3 Å². The highest BCUT2D eigenvalue weighted by molar-refractivity contribution is 5.94. The largest absolute Gasteiger partial charge is 0.361 e. The molecule has 0 spiro atoms. The van der Waals surface area contributed by atoms with E-state index in [0.717, 1.165) is 54.2 Å². The van der Waals surface area contributed by atoms with E-state index in [4.69, 9.17) is 4.52 Å². The first-order valence-electron chi connectivity index (χ1n) is 9.38. The van der Waals surface area contributed by atoms with Crippen molar-refractivity contribution >= 4 is 5.91 Å². The summed E-state index contributed by atoms with van der Waals surface area (Å²) in [5.41, 5.74) is 5.73. The Morgan fingerprint density at radius 3 is 2.63 bits per heavy atom. The van der Waals surface area contributed by atoms with E-state index in [-0.39, 0.29) is 5.91 Å². The Kier molecular flexibility index (Phi) is 4.56. The van der Waals surface area contributed by atoms with E-state index in [1.54, 1.807) is 11.9 Å². The molecule has 2 aromatic heterocycles. The van der Waals surface area contributed by atoms with Gasteiger partial charge >= 0.3 is 0 Å². The van der Waals surface area contributed by atoms with Crippen molar-refractivity contribution in [3.63, 3.8) is 0 Å². The van der Waals surface area contributed by atoms with Crippen molar-refractivity contribution in [2.75, 3.05) is 7.05 Å². The summed E-state index contributed by atoms with van der Waals surface area (Å²) in [6, 6.07) is 9.59. The van der Waals surface area contributed by atoms with Gasteiger partial charge in [0.25, 0.3) is 5.91 Å². The normalized spacial score (nSPS) is 13.4. The van der Waals surface area contributed by atoms with Crippen LogP contribution in [0.2, 0.25) is 0 Å². The molecule has 1 aliphatic rings. The maximum atomic E-state index is 12.8. The number of amides is 1. The molecule has 0 bridgehead atoms. The fourth-order valence-corrected chi connectivity index (χ4v) is 3.73. The molecule has 1 aliphatic carbocycles. The summed E-state index contributed by atoms with van der Waals surface area (Å²) >= 11 is 0. The minimum Gasteiger partial charge on any atom is -0.361 e. The van der Waals surface area contributed by atoms with Gasteiger partial charge in [-0.3, -0.25) is 4.79 Å². The molecule has 0 unspecified atom stereocenters. The molecule has 0 N–H and O–H groups in total. The number of carbonyl (C=O) groups excluding carboxylic acids is 1. The van der Waals surface area contributed by atoms with Gasteiger partial charge in [-0.05, 0) is 63.4 Å². The number of aryl methyl sites for hydroxylation is 3. The fraction of sp³-hybridized carbons (Fsp3) is 0.381. The molecular formula is C21H24N4O2. The number of nitrogens with zero attached hydrogens (tertiary/aromatic N) is 4. The zero-order valence-corrected chi connectivity index (χ0v) is 16.0. The van der Waals surface area contributed by atoms with E-state index in [1.807, 2.05) is 48.9 Å². The maximum absolute atomic E-state index is 12.8. The molecule has 2 heterocycles. The van der Waals surface area contributed by atoms with E-state index in [0.29, 0.717) is 12.1 Å². The van der Waals surface area contributed by atoms with Crippen LogP contribution in [-0.4, -0.2) is 32.8 Å². The lowest BCUT2D eigenvalue weighted by Gasteiger charge is -2.17. The highest BCUT2D eigenvalue weighted by atomic mass is 16.5. The maximum Gasteiger partial charge on any atom is 0.253 e. The summed E-state index contributed by atoms with van der Waals surface area (Å²) in [5, 5.41) is 8.68. The third-order valence-corrected chi connectivity index (χ3v) is 5.13. The molecule has 27 heavy (non-hydrogen) atoms. The molecule has 3 aromatic rings. The van der Waals surface area contributed by atoms with Crippen LogP contribution in [0.15, 0.2) is 34.9 Å². The Morgan fingerprint density at radius 1 is 1.19 bits per heavy atom. The standard InChI is InChI=1S/C21H24N4O2/c1-14-12-15(2)25(22-14)17-10-8-16(9-11-17)21(26)24(3)13-19-18-6-4-5-7-20(18)27-23-19/h8-12H,4-7,13H2,1-3H3. The minimum atomic E-state index is -0.0255. The van der Waals surface area contributed by atoms with Crippen LogP contribution in [0.25, 0.3) is 5.69 Å². The lowest BCUT2D eigenvalue weighted by atomic mass is 9.96. The van der Waals surface area contributed by atoms with Gasteiger partial charge in [-0.1, -0.05) is 5.16 Å². The SMILES string of the molecule is Cc1cc(C)n(-c2ccc(C(=O)N(C)Cc3noc4c3CCCC4)cc2)n1. The lowest BCUT2D eigenvalue weighted by molar-refractivity contribution is 0.0782. The first kappa shape index (κ1) is 17.5. The topological polar surface area (TPSA) is 64.2 Å². The zero-order chi connectivity index (χ0) is 19.0. The fourth-order valence-electron chi connectivity index (χ4n) is 3.73. The van der Waals surface area contributed by atoms with E-state index in [2.05, 4.69) is 10.3 Å². The number of hydrogen-bond donors (Lipinski definition) is 0. The van der Waals surface area contributed by atoms with Crippen LogP contribution in [-0.2, 0) is 19.4 Å². The van der Waals surface area contributed by atoms with Gasteiger partial charge < -0.3 is 9.42 Å². The average molecular weight is 364 g/mol. The predicted octanol–water partition coefficient (Wildman–Crippen LogP) is 3.63. The van der Waals surface area contributed by atoms with Crippen LogP contribution in [0.3, 0.4) is 0 Å². The van der Waals surface area contributed by atoms with Crippen molar-refractivity contribution in [1.29, 1.82) is 0 Å². The zero-order valence-electron chi connectivity index (χ0n) is 16.0. The number of aromatic nitrogens is 3. The second-order valence-corrected chi connectivity index (χ2v) is 7.29. The molecule has 0 atom stereocenters. The summed E-state index contributed by atoms with van der Waals surface area (Å²) in [6.45, 7) is 4.46. The van der Waals surface area contributed by atoms with Gasteiger partial charge in [-0.25, -0.2) is 4.68 Å². The lowest BCUT2D eigenvalue weighted by Crippen LogP contribution is -2.27. The number of hydrogen-bond acceptors (Lipinski definition) is 4. The van der Waals surface area contributed by atoms with Crippen molar-refractivity contribution in [1.82, 2.24) is 19.8 Å². The Balaban J connectivity index is 1.49. The van der Waals surface area contributed by atoms with Crippen LogP contribution in [0.1, 0.15) is 51.6 Å². The van der Waals surface area contributed by atoms with Gasteiger partial charge in [0.15, 0.2) is 0 Å². The van der Waals surface area contributed by atoms with Crippen LogP contribution in [0.5, 0.6) is 0 Å². The van der Waals surface area contributed by atoms with Gasteiger partial charge in [-0.15, -0.1) is 0 Å². The number of carbonyl (C=O) groups is 1. The average Bonchev–Trinajstić information content (AvgIpc) is 3.24. The molecule has 140 valence electrons. The summed E-state index contributed by atoms with van der Waals surface area (Å²) in [4.78, 5) is 14.5. The van der Waals surface area contributed by atoms with Crippen LogP contribution < -0.4 is 0 Å². The van der Waals surface area contributed by atoms with Gasteiger partial charge in [0, 0.05) is 30.3 Å². The first-order chi connectivity index (χ1) is 13.0. The quantitative estimate of drug-likeness (QED) is 0.709. The first-order valence-corrected chi connectivity index (χ1v) is 9.38. The molecular weight excluding hydrogens is 340 g/mol. The third-order valence-electron chi connectivity index (χ3n) is 5.13. The van der Waals surface area contributed by atoms with Crippen LogP contribution in [0, 0.1) is 13.8 Å². The monoisotopic (exact) mass is 364 g/mol. The summed E-state index contributed by atoms with van der Waals surface area (Å²) in [5.74, 6) is 0.966. The van der Waals surface area contributed by atoms with Crippen molar-refractivity contribution in [3.8, 4) is 5.69 Å². The molecule has 0 saturated carbocycles. The highest BCUT2D eigenvalue weighted by Crippen LogP contribution is 2.25. The molecule has 6 heteroatoms. The molecule has 4 rings (SSSR count). The van der Waals surface area contributed by atoms with Crippen molar-refractivity contribution in [2.45, 2.75) is 46.1 Å². The summed E-state index contributed by atoms with van der Waals surface area (Å²) in [7, 11) is 1.81. The summed E-state index contributed by atoms with van der Waals surface area (Å²) in [6.07, 6.45) is 4.26. The Morgan fingerprint density at radius 2 is 1.93 bits per heavy atom. The Bertz CT molecular complexity index is 969. The van der Waals surface area contributed by atoms with Gasteiger partial charge in [0.1, 0.15) is 11.5 Å². The Hall–Kier alpha value is -2.89.